The Kier molecular flexibility index (Phi) is 6.02. The highest BCUT2D eigenvalue weighted by atomic mass is 16.5. The number of carbonyl (C=O) groups excluding carboxylic acids is 1. The van der Waals surface area contributed by atoms with Gasteiger partial charge in [-0.05, 0) is 13.8 Å². The van der Waals surface area contributed by atoms with Crippen molar-refractivity contribution in [1.82, 2.24) is 9.97 Å². The van der Waals surface area contributed by atoms with Crippen LogP contribution in [0.4, 0.5) is 0 Å². The van der Waals surface area contributed by atoms with E-state index >= 15 is 0 Å². The first-order valence-electron chi connectivity index (χ1n) is 7.66. The maximum Gasteiger partial charge on any atom is 0.309 e. The zero-order chi connectivity index (χ0) is 18.2. The standard InChI is InChI=1S/C18H16N4O3/c1-3-24-16(23)8-9-25-18-17(13-6-4-12(2)5-7-13)21-14(10-19)15(11-20)22-18/h4-7H,3,8-9H2,1-2H3. The van der Waals surface area contributed by atoms with Gasteiger partial charge in [0.25, 0.3) is 0 Å². The van der Waals surface area contributed by atoms with Crippen LogP contribution in [0.15, 0.2) is 24.3 Å². The third-order valence-corrected chi connectivity index (χ3v) is 3.25. The average Bonchev–Trinajstić information content (AvgIpc) is 2.62. The van der Waals surface area contributed by atoms with Crippen LogP contribution in [-0.4, -0.2) is 29.2 Å². The summed E-state index contributed by atoms with van der Waals surface area (Å²) in [5, 5.41) is 18.3. The summed E-state index contributed by atoms with van der Waals surface area (Å²) in [7, 11) is 0. The molecular weight excluding hydrogens is 320 g/mol. The van der Waals surface area contributed by atoms with Gasteiger partial charge < -0.3 is 9.47 Å². The van der Waals surface area contributed by atoms with Gasteiger partial charge in [0.15, 0.2) is 11.4 Å². The molecule has 0 aliphatic heterocycles. The number of rotatable bonds is 6. The summed E-state index contributed by atoms with van der Waals surface area (Å²) in [5.74, 6) is -0.287. The number of benzene rings is 1. The minimum Gasteiger partial charge on any atom is -0.475 e. The lowest BCUT2D eigenvalue weighted by molar-refractivity contribution is -0.143. The maximum absolute atomic E-state index is 11.4. The predicted molar refractivity (Wildman–Crippen MR) is 88.4 cm³/mol. The van der Waals surface area contributed by atoms with E-state index in [0.29, 0.717) is 17.9 Å². The Morgan fingerprint density at radius 2 is 1.76 bits per heavy atom. The van der Waals surface area contributed by atoms with Crippen LogP contribution in [0, 0.1) is 29.6 Å². The van der Waals surface area contributed by atoms with Gasteiger partial charge in [-0.2, -0.15) is 15.5 Å². The summed E-state index contributed by atoms with van der Waals surface area (Å²) >= 11 is 0. The Morgan fingerprint density at radius 3 is 2.36 bits per heavy atom. The Labute approximate surface area is 145 Å². The molecule has 0 fully saturated rings. The largest absolute Gasteiger partial charge is 0.475 e. The molecule has 1 aromatic heterocycles. The van der Waals surface area contributed by atoms with Crippen molar-refractivity contribution in [1.29, 1.82) is 10.5 Å². The summed E-state index contributed by atoms with van der Waals surface area (Å²) in [5.41, 5.74) is 1.92. The predicted octanol–water partition coefficient (Wildman–Crippen LogP) is 2.53. The maximum atomic E-state index is 11.4. The van der Waals surface area contributed by atoms with E-state index in [9.17, 15) is 4.79 Å². The van der Waals surface area contributed by atoms with E-state index in [-0.39, 0.29) is 36.3 Å². The Balaban J connectivity index is 2.35. The van der Waals surface area contributed by atoms with Crippen molar-refractivity contribution in [3.05, 3.63) is 41.2 Å². The van der Waals surface area contributed by atoms with Crippen molar-refractivity contribution in [3.8, 4) is 29.3 Å². The van der Waals surface area contributed by atoms with Crippen molar-refractivity contribution in [2.24, 2.45) is 0 Å². The molecule has 7 heteroatoms. The molecule has 25 heavy (non-hydrogen) atoms. The fourth-order valence-electron chi connectivity index (χ4n) is 2.04. The van der Waals surface area contributed by atoms with Crippen LogP contribution in [0.5, 0.6) is 5.88 Å². The van der Waals surface area contributed by atoms with Crippen molar-refractivity contribution in [2.45, 2.75) is 20.3 Å². The highest BCUT2D eigenvalue weighted by Gasteiger charge is 2.17. The summed E-state index contributed by atoms with van der Waals surface area (Å²) in [6.45, 7) is 4.00. The summed E-state index contributed by atoms with van der Waals surface area (Å²) in [6.07, 6.45) is 0.0464. The molecule has 0 aliphatic carbocycles. The molecule has 0 radical (unpaired) electrons. The minimum absolute atomic E-state index is 0.0309. The van der Waals surface area contributed by atoms with Crippen LogP contribution in [0.3, 0.4) is 0 Å². The van der Waals surface area contributed by atoms with Gasteiger partial charge in [0.2, 0.25) is 5.88 Å². The molecule has 2 rings (SSSR count). The van der Waals surface area contributed by atoms with Crippen LogP contribution in [0.25, 0.3) is 11.3 Å². The molecule has 0 aliphatic rings. The van der Waals surface area contributed by atoms with E-state index in [1.165, 1.54) is 0 Å². The van der Waals surface area contributed by atoms with Crippen molar-refractivity contribution in [3.63, 3.8) is 0 Å². The number of carbonyl (C=O) groups is 1. The Morgan fingerprint density at radius 1 is 1.12 bits per heavy atom. The fourth-order valence-corrected chi connectivity index (χ4v) is 2.04. The lowest BCUT2D eigenvalue weighted by atomic mass is 10.1. The highest BCUT2D eigenvalue weighted by Crippen LogP contribution is 2.28. The van der Waals surface area contributed by atoms with E-state index in [0.717, 1.165) is 5.56 Å². The molecule has 0 bridgehead atoms. The first-order valence-corrected chi connectivity index (χ1v) is 7.66. The number of aryl methyl sites for hydroxylation is 1. The first-order chi connectivity index (χ1) is 12.1. The van der Waals surface area contributed by atoms with Gasteiger partial charge in [0.1, 0.15) is 24.4 Å². The molecule has 126 valence electrons. The van der Waals surface area contributed by atoms with E-state index in [1.807, 2.05) is 43.3 Å². The number of esters is 1. The van der Waals surface area contributed by atoms with Gasteiger partial charge in [-0.15, -0.1) is 0 Å². The first kappa shape index (κ1) is 17.9. The third-order valence-electron chi connectivity index (χ3n) is 3.25. The van der Waals surface area contributed by atoms with Crippen LogP contribution >= 0.6 is 0 Å². The Hall–Kier alpha value is -3.45. The quantitative estimate of drug-likeness (QED) is 0.745. The van der Waals surface area contributed by atoms with Crippen LogP contribution in [0.2, 0.25) is 0 Å². The van der Waals surface area contributed by atoms with Gasteiger partial charge in [-0.3, -0.25) is 4.79 Å². The van der Waals surface area contributed by atoms with Crippen molar-refractivity contribution < 1.29 is 14.3 Å². The van der Waals surface area contributed by atoms with Crippen molar-refractivity contribution in [2.75, 3.05) is 13.2 Å². The molecule has 1 heterocycles. The SMILES string of the molecule is CCOC(=O)CCOc1nc(C#N)c(C#N)nc1-c1ccc(C)cc1. The number of hydrogen-bond acceptors (Lipinski definition) is 7. The third kappa shape index (κ3) is 4.52. The molecule has 0 amide bonds. The summed E-state index contributed by atoms with van der Waals surface area (Å²) in [4.78, 5) is 19.7. The molecule has 1 aromatic carbocycles. The van der Waals surface area contributed by atoms with Gasteiger partial charge in [-0.25, -0.2) is 4.98 Å². The van der Waals surface area contributed by atoms with Crippen molar-refractivity contribution >= 4 is 5.97 Å². The molecular formula is C18H16N4O3. The Bertz CT molecular complexity index is 848. The molecule has 0 atom stereocenters. The molecule has 0 unspecified atom stereocenters. The lowest BCUT2D eigenvalue weighted by Crippen LogP contribution is -2.11. The minimum atomic E-state index is -0.388. The van der Waals surface area contributed by atoms with Crippen LogP contribution in [0.1, 0.15) is 30.3 Å². The van der Waals surface area contributed by atoms with Gasteiger partial charge in [-0.1, -0.05) is 29.8 Å². The average molecular weight is 336 g/mol. The normalized spacial score (nSPS) is 9.76. The second-order valence-electron chi connectivity index (χ2n) is 5.07. The van der Waals surface area contributed by atoms with Gasteiger partial charge >= 0.3 is 5.97 Å². The van der Waals surface area contributed by atoms with E-state index in [2.05, 4.69) is 9.97 Å². The van der Waals surface area contributed by atoms with E-state index in [4.69, 9.17) is 20.0 Å². The van der Waals surface area contributed by atoms with Gasteiger partial charge in [0, 0.05) is 5.56 Å². The topological polar surface area (TPSA) is 109 Å². The number of nitriles is 2. The number of hydrogen-bond donors (Lipinski definition) is 0. The molecule has 0 saturated carbocycles. The summed E-state index contributed by atoms with van der Waals surface area (Å²) < 4.78 is 10.4. The zero-order valence-electron chi connectivity index (χ0n) is 13.9. The number of aromatic nitrogens is 2. The fraction of sp³-hybridized carbons (Fsp3) is 0.278. The molecule has 0 saturated heterocycles. The smallest absolute Gasteiger partial charge is 0.309 e. The molecule has 0 spiro atoms. The number of nitrogens with zero attached hydrogens (tertiary/aromatic N) is 4. The molecule has 7 nitrogen and oxygen atoms in total. The lowest BCUT2D eigenvalue weighted by Gasteiger charge is -2.11. The molecule has 2 aromatic rings. The van der Waals surface area contributed by atoms with Crippen LogP contribution < -0.4 is 4.74 Å². The second-order valence-corrected chi connectivity index (χ2v) is 5.07. The summed E-state index contributed by atoms with van der Waals surface area (Å²) in [6, 6.07) is 11.1. The van der Waals surface area contributed by atoms with Crippen LogP contribution in [-0.2, 0) is 9.53 Å². The van der Waals surface area contributed by atoms with E-state index < -0.39 is 0 Å². The number of ether oxygens (including phenoxy) is 2. The molecule has 0 N–H and O–H groups in total. The van der Waals surface area contributed by atoms with E-state index in [1.54, 1.807) is 6.92 Å². The monoisotopic (exact) mass is 336 g/mol. The second kappa shape index (κ2) is 8.42. The highest BCUT2D eigenvalue weighted by molar-refractivity contribution is 5.69. The van der Waals surface area contributed by atoms with Gasteiger partial charge in [0.05, 0.1) is 13.0 Å². The zero-order valence-corrected chi connectivity index (χ0v) is 13.9.